The van der Waals surface area contributed by atoms with Crippen molar-refractivity contribution in [2.24, 2.45) is 0 Å². The van der Waals surface area contributed by atoms with Crippen LogP contribution in [0.1, 0.15) is 51.0 Å². The van der Waals surface area contributed by atoms with E-state index in [2.05, 4.69) is 5.32 Å². The van der Waals surface area contributed by atoms with E-state index in [9.17, 15) is 18.0 Å². The summed E-state index contributed by atoms with van der Waals surface area (Å²) in [5.41, 5.74) is 0.921. The number of carbonyl (C=O) groups excluding carboxylic acids is 2. The number of benzene rings is 2. The van der Waals surface area contributed by atoms with Gasteiger partial charge in [-0.3, -0.25) is 13.9 Å². The summed E-state index contributed by atoms with van der Waals surface area (Å²) in [7, 11) is -0.946. The Hall–Kier alpha value is -2.98. The molecule has 0 saturated heterocycles. The van der Waals surface area contributed by atoms with Gasteiger partial charge in [-0.2, -0.15) is 0 Å². The maximum absolute atomic E-state index is 13.9. The Morgan fingerprint density at radius 1 is 1.05 bits per heavy atom. The van der Waals surface area contributed by atoms with Crippen LogP contribution in [0.3, 0.4) is 0 Å². The number of rotatable bonds is 12. The van der Waals surface area contributed by atoms with E-state index in [1.807, 2.05) is 19.1 Å². The summed E-state index contributed by atoms with van der Waals surface area (Å²) in [5, 5.41) is 3.42. The largest absolute Gasteiger partial charge is 0.497 e. The van der Waals surface area contributed by atoms with Crippen molar-refractivity contribution in [2.45, 2.75) is 64.1 Å². The van der Waals surface area contributed by atoms with Crippen molar-refractivity contribution in [3.63, 3.8) is 0 Å². The van der Waals surface area contributed by atoms with Crippen molar-refractivity contribution in [2.75, 3.05) is 31.3 Å². The summed E-state index contributed by atoms with van der Waals surface area (Å²) in [4.78, 5) is 28.9. The van der Waals surface area contributed by atoms with Gasteiger partial charge in [-0.25, -0.2) is 8.42 Å². The van der Waals surface area contributed by atoms with Crippen molar-refractivity contribution < 1.29 is 27.5 Å². The van der Waals surface area contributed by atoms with Gasteiger partial charge in [0.25, 0.3) is 0 Å². The smallest absolute Gasteiger partial charge is 0.244 e. The molecule has 3 rings (SSSR count). The molecule has 1 atom stereocenters. The van der Waals surface area contributed by atoms with Crippen LogP contribution < -0.4 is 19.1 Å². The molecule has 0 aliphatic heterocycles. The molecule has 2 amide bonds. The fraction of sp³-hybridized carbons (Fsp3) is 0.500. The van der Waals surface area contributed by atoms with E-state index in [0.29, 0.717) is 17.2 Å². The van der Waals surface area contributed by atoms with Crippen LogP contribution in [0.5, 0.6) is 11.5 Å². The highest BCUT2D eigenvalue weighted by Gasteiger charge is 2.33. The number of nitrogens with one attached hydrogen (secondary N) is 1. The number of nitrogens with zero attached hydrogens (tertiary/aromatic N) is 2. The number of amides is 2. The first kappa shape index (κ1) is 30.6. The molecular weight excluding hydrogens is 542 g/mol. The Labute approximate surface area is 236 Å². The van der Waals surface area contributed by atoms with Crippen molar-refractivity contribution in [1.82, 2.24) is 10.2 Å². The zero-order valence-corrected chi connectivity index (χ0v) is 24.6. The highest BCUT2D eigenvalue weighted by atomic mass is 35.5. The van der Waals surface area contributed by atoms with E-state index in [1.54, 1.807) is 31.4 Å². The molecule has 11 heteroatoms. The molecule has 1 N–H and O–H groups in total. The van der Waals surface area contributed by atoms with Crippen molar-refractivity contribution in [1.29, 1.82) is 0 Å². The molecule has 1 saturated carbocycles. The van der Waals surface area contributed by atoms with Crippen LogP contribution in [0.25, 0.3) is 0 Å². The second-order valence-electron chi connectivity index (χ2n) is 9.72. The molecule has 9 nitrogen and oxygen atoms in total. The molecule has 0 unspecified atom stereocenters. The highest BCUT2D eigenvalue weighted by Crippen LogP contribution is 2.33. The Bertz CT molecular complexity index is 1230. The normalized spacial score (nSPS) is 14.8. The second kappa shape index (κ2) is 13.9. The minimum absolute atomic E-state index is 0.0708. The molecule has 2 aromatic carbocycles. The Morgan fingerprint density at radius 2 is 1.72 bits per heavy atom. The average Bonchev–Trinajstić information content (AvgIpc) is 2.91. The Morgan fingerprint density at radius 3 is 2.28 bits per heavy atom. The van der Waals surface area contributed by atoms with E-state index in [1.165, 1.54) is 18.1 Å². The molecule has 0 bridgehead atoms. The quantitative estimate of drug-likeness (QED) is 0.400. The van der Waals surface area contributed by atoms with Crippen molar-refractivity contribution in [3.8, 4) is 11.5 Å². The molecular formula is C28H38ClN3O6S. The van der Waals surface area contributed by atoms with E-state index in [4.69, 9.17) is 21.1 Å². The fourth-order valence-corrected chi connectivity index (χ4v) is 5.86. The molecule has 1 aliphatic carbocycles. The summed E-state index contributed by atoms with van der Waals surface area (Å²) >= 11 is 6.17. The molecule has 1 aliphatic rings. The fourth-order valence-electron chi connectivity index (χ4n) is 4.84. The Kier molecular flexibility index (Phi) is 10.9. The first-order chi connectivity index (χ1) is 18.6. The molecule has 214 valence electrons. The number of ether oxygens (including phenoxy) is 2. The molecule has 0 radical (unpaired) electrons. The van der Waals surface area contributed by atoms with Gasteiger partial charge in [0, 0.05) is 17.6 Å². The van der Waals surface area contributed by atoms with Gasteiger partial charge in [-0.1, -0.05) is 49.9 Å². The lowest BCUT2D eigenvalue weighted by Gasteiger charge is -2.34. The van der Waals surface area contributed by atoms with Gasteiger partial charge >= 0.3 is 0 Å². The van der Waals surface area contributed by atoms with Gasteiger partial charge < -0.3 is 19.7 Å². The van der Waals surface area contributed by atoms with Crippen molar-refractivity contribution >= 4 is 39.1 Å². The van der Waals surface area contributed by atoms with Gasteiger partial charge in [-0.15, -0.1) is 0 Å². The number of anilines is 1. The number of hydrogen-bond donors (Lipinski definition) is 1. The number of carbonyl (C=O) groups is 2. The molecule has 0 heterocycles. The third-order valence-corrected chi connectivity index (χ3v) is 8.30. The summed E-state index contributed by atoms with van der Waals surface area (Å²) in [6, 6.07) is 11.0. The lowest BCUT2D eigenvalue weighted by Crippen LogP contribution is -2.54. The predicted octanol–water partition coefficient (Wildman–Crippen LogP) is 4.38. The van der Waals surface area contributed by atoms with E-state index in [0.717, 1.165) is 48.2 Å². The summed E-state index contributed by atoms with van der Waals surface area (Å²) < 4.78 is 37.4. The third-order valence-electron chi connectivity index (χ3n) is 6.94. The zero-order valence-electron chi connectivity index (χ0n) is 23.0. The van der Waals surface area contributed by atoms with Crippen LogP contribution in [0, 0.1) is 0 Å². The minimum atomic E-state index is -3.92. The van der Waals surface area contributed by atoms with E-state index >= 15 is 0 Å². The number of halogens is 1. The molecule has 0 spiro atoms. The van der Waals surface area contributed by atoms with E-state index in [-0.39, 0.29) is 29.9 Å². The predicted molar refractivity (Wildman–Crippen MR) is 153 cm³/mol. The third kappa shape index (κ3) is 8.25. The number of hydrogen-bond acceptors (Lipinski definition) is 6. The van der Waals surface area contributed by atoms with Crippen LogP contribution in [0.4, 0.5) is 5.69 Å². The van der Waals surface area contributed by atoms with Crippen LogP contribution in [0.15, 0.2) is 42.5 Å². The van der Waals surface area contributed by atoms with Crippen LogP contribution in [0.2, 0.25) is 5.02 Å². The lowest BCUT2D eigenvalue weighted by atomic mass is 9.95. The maximum atomic E-state index is 13.9. The summed E-state index contributed by atoms with van der Waals surface area (Å²) in [5.74, 6) is 0.151. The van der Waals surface area contributed by atoms with Crippen LogP contribution >= 0.6 is 11.6 Å². The number of sulfonamides is 1. The summed E-state index contributed by atoms with van der Waals surface area (Å²) in [6.07, 6.45) is 6.46. The van der Waals surface area contributed by atoms with E-state index < -0.39 is 28.5 Å². The van der Waals surface area contributed by atoms with Gasteiger partial charge in [-0.05, 0) is 55.2 Å². The zero-order chi connectivity index (χ0) is 28.6. The highest BCUT2D eigenvalue weighted by molar-refractivity contribution is 7.92. The SMILES string of the molecule is CC[C@H](C(=O)NC1CCCCC1)N(Cc1ccc(OC)cc1)C(=O)CN(c1cc(Cl)ccc1OC)S(C)(=O)=O. The molecule has 1 fully saturated rings. The molecule has 2 aromatic rings. The molecule has 0 aromatic heterocycles. The first-order valence-corrected chi connectivity index (χ1v) is 15.3. The number of methoxy groups -OCH3 is 2. The van der Waals surface area contributed by atoms with Crippen LogP contribution in [-0.2, 0) is 26.2 Å². The van der Waals surface area contributed by atoms with Gasteiger partial charge in [0.05, 0.1) is 26.2 Å². The average molecular weight is 580 g/mol. The van der Waals surface area contributed by atoms with Crippen LogP contribution in [-0.4, -0.2) is 64.2 Å². The van der Waals surface area contributed by atoms with Gasteiger partial charge in [0.15, 0.2) is 0 Å². The monoisotopic (exact) mass is 579 g/mol. The second-order valence-corrected chi connectivity index (χ2v) is 12.1. The van der Waals surface area contributed by atoms with Crippen molar-refractivity contribution in [3.05, 3.63) is 53.1 Å². The first-order valence-electron chi connectivity index (χ1n) is 13.1. The standard InChI is InChI=1S/C28H38ClN3O6S/c1-5-24(28(34)30-22-9-7-6-8-10-22)31(18-20-11-14-23(37-2)15-12-20)27(33)19-32(39(4,35)36)25-17-21(29)13-16-26(25)38-3/h11-17,22,24H,5-10,18-19H2,1-4H3,(H,30,34)/t24-/m1/s1. The minimum Gasteiger partial charge on any atom is -0.497 e. The van der Waals surface area contributed by atoms with Gasteiger partial charge in [0.2, 0.25) is 21.8 Å². The topological polar surface area (TPSA) is 105 Å². The lowest BCUT2D eigenvalue weighted by molar-refractivity contribution is -0.140. The Balaban J connectivity index is 1.96. The summed E-state index contributed by atoms with van der Waals surface area (Å²) in [6.45, 7) is 1.43. The maximum Gasteiger partial charge on any atom is 0.244 e. The van der Waals surface area contributed by atoms with Gasteiger partial charge in [0.1, 0.15) is 24.1 Å². The molecule has 39 heavy (non-hydrogen) atoms.